The lowest BCUT2D eigenvalue weighted by atomic mass is 9.95. The number of hydrogen-bond acceptors (Lipinski definition) is 5. The number of piperidine rings is 1. The summed E-state index contributed by atoms with van der Waals surface area (Å²) >= 11 is 0. The van der Waals surface area contributed by atoms with Gasteiger partial charge in [-0.05, 0) is 42.7 Å². The van der Waals surface area contributed by atoms with Crippen LogP contribution in [0.25, 0.3) is 0 Å². The Morgan fingerprint density at radius 2 is 1.88 bits per heavy atom. The number of nitrogens with zero attached hydrogens (tertiary/aromatic N) is 6. The number of rotatable bonds is 4. The molecular formula is C20H20N6. The van der Waals surface area contributed by atoms with E-state index in [1.807, 2.05) is 42.9 Å². The zero-order valence-corrected chi connectivity index (χ0v) is 14.5. The molecule has 6 nitrogen and oxygen atoms in total. The van der Waals surface area contributed by atoms with E-state index >= 15 is 0 Å². The number of hydrogen-bond donors (Lipinski definition) is 0. The first-order chi connectivity index (χ1) is 12.8. The quantitative estimate of drug-likeness (QED) is 0.728. The lowest BCUT2D eigenvalue weighted by Crippen LogP contribution is -2.34. The second-order valence-corrected chi connectivity index (χ2v) is 6.52. The lowest BCUT2D eigenvalue weighted by Gasteiger charge is -2.32. The van der Waals surface area contributed by atoms with Gasteiger partial charge in [0.05, 0.1) is 0 Å². The SMILES string of the molecule is N#Cc1cccc(N2CCC(c3nccn3Cc3ccncc3)CC2)n1. The maximum atomic E-state index is 9.03. The van der Waals surface area contributed by atoms with E-state index in [0.29, 0.717) is 11.6 Å². The highest BCUT2D eigenvalue weighted by Gasteiger charge is 2.24. The predicted molar refractivity (Wildman–Crippen MR) is 98.7 cm³/mol. The highest BCUT2D eigenvalue weighted by Crippen LogP contribution is 2.29. The minimum absolute atomic E-state index is 0.447. The second kappa shape index (κ2) is 7.36. The number of imidazole rings is 1. The molecule has 1 saturated heterocycles. The molecule has 1 aliphatic heterocycles. The summed E-state index contributed by atoms with van der Waals surface area (Å²) in [5, 5.41) is 9.03. The van der Waals surface area contributed by atoms with Gasteiger partial charge in [-0.2, -0.15) is 5.26 Å². The molecule has 4 rings (SSSR count). The maximum absolute atomic E-state index is 9.03. The fraction of sp³-hybridized carbons (Fsp3) is 0.300. The van der Waals surface area contributed by atoms with E-state index in [9.17, 15) is 0 Å². The van der Waals surface area contributed by atoms with E-state index < -0.39 is 0 Å². The Morgan fingerprint density at radius 1 is 1.08 bits per heavy atom. The Bertz CT molecular complexity index is 903. The van der Waals surface area contributed by atoms with Crippen molar-refractivity contribution in [1.82, 2.24) is 19.5 Å². The Kier molecular flexibility index (Phi) is 4.61. The molecule has 130 valence electrons. The molecule has 1 aliphatic rings. The molecule has 0 unspecified atom stereocenters. The Morgan fingerprint density at radius 3 is 2.65 bits per heavy atom. The fourth-order valence-electron chi connectivity index (χ4n) is 3.53. The number of nitriles is 1. The van der Waals surface area contributed by atoms with Gasteiger partial charge in [-0.15, -0.1) is 0 Å². The molecule has 3 aromatic heterocycles. The van der Waals surface area contributed by atoms with E-state index in [0.717, 1.165) is 44.1 Å². The van der Waals surface area contributed by atoms with Gasteiger partial charge in [0, 0.05) is 50.3 Å². The summed E-state index contributed by atoms with van der Waals surface area (Å²) in [6.07, 6.45) is 9.66. The first-order valence-corrected chi connectivity index (χ1v) is 8.85. The van der Waals surface area contributed by atoms with E-state index in [2.05, 4.69) is 36.7 Å². The topological polar surface area (TPSA) is 70.6 Å². The van der Waals surface area contributed by atoms with Gasteiger partial charge in [-0.1, -0.05) is 6.07 Å². The van der Waals surface area contributed by atoms with Crippen LogP contribution in [-0.2, 0) is 6.54 Å². The van der Waals surface area contributed by atoms with E-state index in [1.165, 1.54) is 5.56 Å². The zero-order chi connectivity index (χ0) is 17.8. The largest absolute Gasteiger partial charge is 0.357 e. The molecule has 6 heteroatoms. The summed E-state index contributed by atoms with van der Waals surface area (Å²) in [5.74, 6) is 2.49. The summed E-state index contributed by atoms with van der Waals surface area (Å²) in [6, 6.07) is 11.8. The van der Waals surface area contributed by atoms with Crippen molar-refractivity contribution >= 4 is 5.82 Å². The van der Waals surface area contributed by atoms with Crippen molar-refractivity contribution in [3.05, 3.63) is 72.2 Å². The third-order valence-corrected chi connectivity index (χ3v) is 4.88. The predicted octanol–water partition coefficient (Wildman–Crippen LogP) is 2.98. The van der Waals surface area contributed by atoms with Gasteiger partial charge in [0.15, 0.2) is 0 Å². The fourth-order valence-corrected chi connectivity index (χ4v) is 3.53. The first kappa shape index (κ1) is 16.3. The summed E-state index contributed by atoms with van der Waals surface area (Å²) in [5.41, 5.74) is 1.70. The molecule has 1 fully saturated rings. The van der Waals surface area contributed by atoms with Crippen molar-refractivity contribution in [2.24, 2.45) is 0 Å². The van der Waals surface area contributed by atoms with Gasteiger partial charge in [-0.25, -0.2) is 9.97 Å². The molecule has 0 spiro atoms. The van der Waals surface area contributed by atoms with Crippen molar-refractivity contribution < 1.29 is 0 Å². The van der Waals surface area contributed by atoms with Crippen LogP contribution in [0.5, 0.6) is 0 Å². The number of anilines is 1. The summed E-state index contributed by atoms with van der Waals surface area (Å²) < 4.78 is 2.24. The molecular weight excluding hydrogens is 324 g/mol. The van der Waals surface area contributed by atoms with Crippen molar-refractivity contribution in [1.29, 1.82) is 5.26 Å². The number of pyridine rings is 2. The smallest absolute Gasteiger partial charge is 0.142 e. The first-order valence-electron chi connectivity index (χ1n) is 8.85. The summed E-state index contributed by atoms with van der Waals surface area (Å²) in [7, 11) is 0. The van der Waals surface area contributed by atoms with Crippen LogP contribution < -0.4 is 4.90 Å². The third-order valence-electron chi connectivity index (χ3n) is 4.88. The second-order valence-electron chi connectivity index (χ2n) is 6.52. The van der Waals surface area contributed by atoms with Crippen LogP contribution >= 0.6 is 0 Å². The molecule has 26 heavy (non-hydrogen) atoms. The Labute approximate surface area is 152 Å². The molecule has 4 heterocycles. The van der Waals surface area contributed by atoms with Gasteiger partial charge in [0.25, 0.3) is 0 Å². The average molecular weight is 344 g/mol. The van der Waals surface area contributed by atoms with Gasteiger partial charge in [0.1, 0.15) is 23.4 Å². The van der Waals surface area contributed by atoms with Gasteiger partial charge >= 0.3 is 0 Å². The van der Waals surface area contributed by atoms with Crippen molar-refractivity contribution in [3.63, 3.8) is 0 Å². The number of aromatic nitrogens is 4. The summed E-state index contributed by atoms with van der Waals surface area (Å²) in [6.45, 7) is 2.67. The molecule has 0 atom stereocenters. The molecule has 0 radical (unpaired) electrons. The molecule has 0 bridgehead atoms. The molecule has 0 aromatic carbocycles. The Hall–Kier alpha value is -3.20. The molecule has 0 saturated carbocycles. The van der Waals surface area contributed by atoms with E-state index in [-0.39, 0.29) is 0 Å². The minimum Gasteiger partial charge on any atom is -0.357 e. The van der Waals surface area contributed by atoms with Gasteiger partial charge in [-0.3, -0.25) is 4.98 Å². The highest BCUT2D eigenvalue weighted by molar-refractivity contribution is 5.42. The van der Waals surface area contributed by atoms with Crippen molar-refractivity contribution in [3.8, 4) is 6.07 Å². The van der Waals surface area contributed by atoms with E-state index in [4.69, 9.17) is 5.26 Å². The van der Waals surface area contributed by atoms with Crippen LogP contribution in [0.2, 0.25) is 0 Å². The molecule has 3 aromatic rings. The monoisotopic (exact) mass is 344 g/mol. The Balaban J connectivity index is 1.44. The van der Waals surface area contributed by atoms with Crippen LogP contribution in [0, 0.1) is 11.3 Å². The van der Waals surface area contributed by atoms with Crippen molar-refractivity contribution in [2.45, 2.75) is 25.3 Å². The maximum Gasteiger partial charge on any atom is 0.142 e. The van der Waals surface area contributed by atoms with Gasteiger partial charge in [0.2, 0.25) is 0 Å². The van der Waals surface area contributed by atoms with Crippen LogP contribution in [0.3, 0.4) is 0 Å². The van der Waals surface area contributed by atoms with E-state index in [1.54, 1.807) is 6.07 Å². The van der Waals surface area contributed by atoms with Crippen LogP contribution in [0.1, 0.15) is 35.8 Å². The average Bonchev–Trinajstić information content (AvgIpc) is 3.17. The molecule has 0 aliphatic carbocycles. The summed E-state index contributed by atoms with van der Waals surface area (Å²) in [4.78, 5) is 15.4. The van der Waals surface area contributed by atoms with Gasteiger partial charge < -0.3 is 9.47 Å². The normalized spacial score (nSPS) is 15.0. The van der Waals surface area contributed by atoms with Crippen molar-refractivity contribution in [2.75, 3.05) is 18.0 Å². The highest BCUT2D eigenvalue weighted by atomic mass is 15.2. The molecule has 0 N–H and O–H groups in total. The van der Waals surface area contributed by atoms with Crippen LogP contribution in [0.4, 0.5) is 5.82 Å². The standard InChI is InChI=1S/C20H20N6/c21-14-18-2-1-3-19(24-18)25-11-6-17(7-12-25)20-23-10-13-26(20)15-16-4-8-22-9-5-16/h1-5,8-10,13,17H,6-7,11-12,15H2. The molecule has 0 amide bonds. The lowest BCUT2D eigenvalue weighted by molar-refractivity contribution is 0.468. The van der Waals surface area contributed by atoms with Crippen LogP contribution in [0.15, 0.2) is 55.1 Å². The minimum atomic E-state index is 0.447. The van der Waals surface area contributed by atoms with Crippen LogP contribution in [-0.4, -0.2) is 32.6 Å². The third kappa shape index (κ3) is 3.42. The zero-order valence-electron chi connectivity index (χ0n) is 14.5.